The van der Waals surface area contributed by atoms with E-state index in [1.165, 1.54) is 11.2 Å². The van der Waals surface area contributed by atoms with E-state index in [1.54, 1.807) is 59.5 Å². The van der Waals surface area contributed by atoms with Crippen LogP contribution in [0, 0.1) is 0 Å². The average molecular weight is 451 g/mol. The molecule has 1 unspecified atom stereocenters. The van der Waals surface area contributed by atoms with Gasteiger partial charge in [-0.3, -0.25) is 24.0 Å². The maximum atomic E-state index is 13.1. The number of carbonyl (C=O) groups excluding carboxylic acids is 3. The first kappa shape index (κ1) is 21.3. The van der Waals surface area contributed by atoms with E-state index in [0.717, 1.165) is 5.56 Å². The summed E-state index contributed by atoms with van der Waals surface area (Å²) in [5.41, 5.74) is 2.87. The molecule has 0 fully saturated rings. The molecule has 1 aromatic heterocycles. The molecule has 1 aliphatic heterocycles. The van der Waals surface area contributed by atoms with Gasteiger partial charge in [-0.1, -0.05) is 54.6 Å². The summed E-state index contributed by atoms with van der Waals surface area (Å²) < 4.78 is 1.66. The van der Waals surface area contributed by atoms with Gasteiger partial charge in [0.1, 0.15) is 12.7 Å². The van der Waals surface area contributed by atoms with Crippen LogP contribution < -0.4 is 5.32 Å². The van der Waals surface area contributed by atoms with Crippen LogP contribution in [0.25, 0.3) is 0 Å². The third-order valence-electron chi connectivity index (χ3n) is 5.75. The summed E-state index contributed by atoms with van der Waals surface area (Å²) in [6, 6.07) is 23.0. The lowest BCUT2D eigenvalue weighted by Crippen LogP contribution is -2.32. The number of hydrogen-bond acceptors (Lipinski definition) is 5. The Morgan fingerprint density at radius 2 is 1.59 bits per heavy atom. The molecule has 0 saturated heterocycles. The second-order valence-corrected chi connectivity index (χ2v) is 8.00. The van der Waals surface area contributed by atoms with Crippen molar-refractivity contribution in [3.63, 3.8) is 0 Å². The average Bonchev–Trinajstić information content (AvgIpc) is 3.47. The van der Waals surface area contributed by atoms with Gasteiger partial charge in [0.25, 0.3) is 17.7 Å². The molecule has 0 spiro atoms. The van der Waals surface area contributed by atoms with Gasteiger partial charge in [0.2, 0.25) is 0 Å². The first-order valence-corrected chi connectivity index (χ1v) is 10.8. The number of rotatable bonds is 7. The van der Waals surface area contributed by atoms with Crippen LogP contribution >= 0.6 is 0 Å². The minimum Gasteiger partial charge on any atom is -0.343 e. The van der Waals surface area contributed by atoms with Crippen molar-refractivity contribution in [3.05, 3.63) is 119 Å². The van der Waals surface area contributed by atoms with Crippen molar-refractivity contribution in [2.24, 2.45) is 0 Å². The number of amides is 3. The van der Waals surface area contributed by atoms with Crippen LogP contribution in [0.2, 0.25) is 0 Å². The van der Waals surface area contributed by atoms with E-state index >= 15 is 0 Å². The molecule has 8 heteroatoms. The highest BCUT2D eigenvalue weighted by Gasteiger charge is 2.35. The third-order valence-corrected chi connectivity index (χ3v) is 5.75. The van der Waals surface area contributed by atoms with Crippen LogP contribution in [-0.4, -0.2) is 37.4 Å². The molecule has 5 rings (SSSR count). The first-order valence-electron chi connectivity index (χ1n) is 10.8. The van der Waals surface area contributed by atoms with Crippen LogP contribution in [0.3, 0.4) is 0 Å². The van der Waals surface area contributed by atoms with Gasteiger partial charge in [-0.05, 0) is 35.4 Å². The lowest BCUT2D eigenvalue weighted by atomic mass is 10.1. The predicted octanol–water partition coefficient (Wildman–Crippen LogP) is 3.25. The van der Waals surface area contributed by atoms with Gasteiger partial charge in [0.15, 0.2) is 0 Å². The maximum absolute atomic E-state index is 13.1. The smallest absolute Gasteiger partial charge is 0.261 e. The molecule has 1 N–H and O–H groups in total. The van der Waals surface area contributed by atoms with E-state index in [4.69, 9.17) is 0 Å². The molecule has 1 aliphatic rings. The fourth-order valence-corrected chi connectivity index (χ4v) is 4.05. The quantitative estimate of drug-likeness (QED) is 0.435. The van der Waals surface area contributed by atoms with E-state index in [1.807, 2.05) is 30.3 Å². The topological polar surface area (TPSA) is 97.2 Å². The molecular weight excluding hydrogens is 430 g/mol. The summed E-state index contributed by atoms with van der Waals surface area (Å²) in [7, 11) is 0. The van der Waals surface area contributed by atoms with Crippen LogP contribution in [-0.2, 0) is 13.1 Å². The highest BCUT2D eigenvalue weighted by molar-refractivity contribution is 6.21. The van der Waals surface area contributed by atoms with Gasteiger partial charge in [-0.25, -0.2) is 4.98 Å². The minimum atomic E-state index is -0.326. The molecule has 168 valence electrons. The Labute approximate surface area is 195 Å². The van der Waals surface area contributed by atoms with Gasteiger partial charge >= 0.3 is 0 Å². The van der Waals surface area contributed by atoms with Crippen molar-refractivity contribution < 1.29 is 14.4 Å². The Hall–Kier alpha value is -4.59. The fraction of sp³-hybridized carbons (Fsp3) is 0.115. The van der Waals surface area contributed by atoms with Crippen molar-refractivity contribution in [1.82, 2.24) is 25.0 Å². The lowest BCUT2D eigenvalue weighted by molar-refractivity contribution is 0.0642. The molecule has 0 bridgehead atoms. The summed E-state index contributed by atoms with van der Waals surface area (Å²) in [5, 5.41) is 7.21. The lowest BCUT2D eigenvalue weighted by Gasteiger charge is -2.20. The maximum Gasteiger partial charge on any atom is 0.261 e. The zero-order valence-electron chi connectivity index (χ0n) is 18.2. The molecule has 0 radical (unpaired) electrons. The second-order valence-electron chi connectivity index (χ2n) is 8.00. The zero-order chi connectivity index (χ0) is 23.5. The van der Waals surface area contributed by atoms with Gasteiger partial charge in [-0.15, -0.1) is 0 Å². The summed E-state index contributed by atoms with van der Waals surface area (Å²) in [6.45, 7) is 0.513. The van der Waals surface area contributed by atoms with Gasteiger partial charge < -0.3 is 5.32 Å². The Morgan fingerprint density at radius 1 is 0.882 bits per heavy atom. The Balaban J connectivity index is 1.34. The number of nitrogens with zero attached hydrogens (tertiary/aromatic N) is 4. The van der Waals surface area contributed by atoms with Crippen LogP contribution in [0.1, 0.15) is 48.2 Å². The van der Waals surface area contributed by atoms with Crippen molar-refractivity contribution in [3.8, 4) is 0 Å². The molecule has 3 amide bonds. The monoisotopic (exact) mass is 451 g/mol. The number of carbonyl (C=O) groups is 3. The SMILES string of the molecule is O=C(NC(Cn1cncn1)c1ccccc1)c1cccc(CN2C(=O)c3ccccc3C2=O)c1. The van der Waals surface area contributed by atoms with Crippen molar-refractivity contribution in [1.29, 1.82) is 0 Å². The van der Waals surface area contributed by atoms with Gasteiger partial charge in [0, 0.05) is 5.56 Å². The third kappa shape index (κ3) is 4.21. The van der Waals surface area contributed by atoms with Crippen molar-refractivity contribution >= 4 is 17.7 Å². The van der Waals surface area contributed by atoms with Gasteiger partial charge in [-0.2, -0.15) is 5.10 Å². The Bertz CT molecular complexity index is 1320. The van der Waals surface area contributed by atoms with E-state index in [0.29, 0.717) is 28.8 Å². The molecule has 8 nitrogen and oxygen atoms in total. The molecular formula is C26H21N5O3. The number of aromatic nitrogens is 3. The van der Waals surface area contributed by atoms with E-state index in [-0.39, 0.29) is 30.3 Å². The summed E-state index contributed by atoms with van der Waals surface area (Å²) in [5.74, 6) is -0.918. The first-order chi connectivity index (χ1) is 16.6. The predicted molar refractivity (Wildman–Crippen MR) is 124 cm³/mol. The number of benzene rings is 3. The molecule has 3 aromatic carbocycles. The normalized spacial score (nSPS) is 13.6. The number of hydrogen-bond donors (Lipinski definition) is 1. The van der Waals surface area contributed by atoms with Gasteiger partial charge in [0.05, 0.1) is 30.3 Å². The van der Waals surface area contributed by atoms with Crippen molar-refractivity contribution in [2.45, 2.75) is 19.1 Å². The molecule has 1 atom stereocenters. The van der Waals surface area contributed by atoms with E-state index < -0.39 is 0 Å². The molecule has 0 aliphatic carbocycles. The Kier molecular flexibility index (Phi) is 5.70. The van der Waals surface area contributed by atoms with Crippen LogP contribution in [0.5, 0.6) is 0 Å². The number of imide groups is 1. The summed E-state index contributed by atoms with van der Waals surface area (Å²) in [6.07, 6.45) is 3.05. The minimum absolute atomic E-state index is 0.0918. The van der Waals surface area contributed by atoms with E-state index in [9.17, 15) is 14.4 Å². The van der Waals surface area contributed by atoms with Crippen molar-refractivity contribution in [2.75, 3.05) is 0 Å². The van der Waals surface area contributed by atoms with Crippen LogP contribution in [0.4, 0.5) is 0 Å². The highest BCUT2D eigenvalue weighted by Crippen LogP contribution is 2.24. The molecule has 0 saturated carbocycles. The fourth-order valence-electron chi connectivity index (χ4n) is 4.05. The standard InChI is InChI=1S/C26H21N5O3/c32-24(29-23(15-30-17-27-16-28-30)19-8-2-1-3-9-19)20-10-6-7-18(13-20)14-31-25(33)21-11-4-5-12-22(21)26(31)34/h1-13,16-17,23H,14-15H2,(H,29,32). The largest absolute Gasteiger partial charge is 0.343 e. The summed E-state index contributed by atoms with van der Waals surface area (Å²) >= 11 is 0. The number of nitrogens with one attached hydrogen (secondary N) is 1. The molecule has 2 heterocycles. The highest BCUT2D eigenvalue weighted by atomic mass is 16.2. The number of fused-ring (bicyclic) bond motifs is 1. The summed E-state index contributed by atoms with van der Waals surface area (Å²) in [4.78, 5) is 43.7. The molecule has 34 heavy (non-hydrogen) atoms. The zero-order valence-corrected chi connectivity index (χ0v) is 18.2. The van der Waals surface area contributed by atoms with Crippen LogP contribution in [0.15, 0.2) is 91.5 Å². The molecule has 4 aromatic rings. The Morgan fingerprint density at radius 3 is 2.26 bits per heavy atom. The second kappa shape index (κ2) is 9.11. The van der Waals surface area contributed by atoms with E-state index in [2.05, 4.69) is 15.4 Å².